The zero-order valence-electron chi connectivity index (χ0n) is 15.3. The summed E-state index contributed by atoms with van der Waals surface area (Å²) in [4.78, 5) is 14.2. The van der Waals surface area contributed by atoms with Gasteiger partial charge in [-0.3, -0.25) is 4.90 Å². The van der Waals surface area contributed by atoms with E-state index < -0.39 is 5.97 Å². The first-order valence-corrected chi connectivity index (χ1v) is 8.91. The number of carbonyl (C=O) groups is 1. The maximum Gasteiger partial charge on any atom is 0.337 e. The van der Waals surface area contributed by atoms with E-state index in [0.29, 0.717) is 17.1 Å². The second-order valence-electron chi connectivity index (χ2n) is 6.38. The van der Waals surface area contributed by atoms with E-state index in [9.17, 15) is 4.79 Å². The zero-order chi connectivity index (χ0) is 18.4. The van der Waals surface area contributed by atoms with Crippen LogP contribution in [0.3, 0.4) is 0 Å². The predicted molar refractivity (Wildman–Crippen MR) is 99.8 cm³/mol. The van der Waals surface area contributed by atoms with Crippen molar-refractivity contribution in [3.8, 4) is 11.5 Å². The summed E-state index contributed by atoms with van der Waals surface area (Å²) in [6.07, 6.45) is 2.37. The Kier molecular flexibility index (Phi) is 6.12. The van der Waals surface area contributed by atoms with E-state index >= 15 is 0 Å². The number of benzene rings is 2. The molecule has 0 amide bonds. The van der Waals surface area contributed by atoms with E-state index in [1.165, 1.54) is 20.0 Å². The highest BCUT2D eigenvalue weighted by atomic mass is 16.5. The summed E-state index contributed by atoms with van der Waals surface area (Å²) in [7, 11) is 2.93. The molecule has 0 radical (unpaired) electrons. The summed E-state index contributed by atoms with van der Waals surface area (Å²) in [5.74, 6) is 0.745. The summed E-state index contributed by atoms with van der Waals surface area (Å²) in [6, 6.07) is 15.3. The zero-order valence-corrected chi connectivity index (χ0v) is 15.3. The van der Waals surface area contributed by atoms with Gasteiger partial charge in [-0.1, -0.05) is 30.3 Å². The van der Waals surface area contributed by atoms with Gasteiger partial charge in [0.15, 0.2) is 11.5 Å². The van der Waals surface area contributed by atoms with E-state index in [0.717, 1.165) is 25.2 Å². The van der Waals surface area contributed by atoms with Gasteiger partial charge in [-0.2, -0.15) is 0 Å². The van der Waals surface area contributed by atoms with Crippen LogP contribution in [-0.4, -0.2) is 44.7 Å². The molecule has 5 heteroatoms. The molecule has 0 spiro atoms. The van der Waals surface area contributed by atoms with Gasteiger partial charge in [-0.15, -0.1) is 0 Å². The molecule has 1 heterocycles. The van der Waals surface area contributed by atoms with E-state index in [4.69, 9.17) is 14.2 Å². The Morgan fingerprint density at radius 1 is 1.04 bits per heavy atom. The van der Waals surface area contributed by atoms with Crippen molar-refractivity contribution in [2.24, 2.45) is 0 Å². The molecule has 2 aromatic carbocycles. The molecule has 138 valence electrons. The van der Waals surface area contributed by atoms with Gasteiger partial charge < -0.3 is 14.2 Å². The van der Waals surface area contributed by atoms with Crippen molar-refractivity contribution in [1.82, 2.24) is 4.90 Å². The maximum absolute atomic E-state index is 11.7. The van der Waals surface area contributed by atoms with Crippen LogP contribution in [0.15, 0.2) is 48.5 Å². The molecule has 5 nitrogen and oxygen atoms in total. The fourth-order valence-electron chi connectivity index (χ4n) is 3.24. The van der Waals surface area contributed by atoms with Crippen LogP contribution in [0.4, 0.5) is 0 Å². The predicted octanol–water partition coefficient (Wildman–Crippen LogP) is 3.70. The molecule has 0 bridgehead atoms. The van der Waals surface area contributed by atoms with Crippen LogP contribution in [0.2, 0.25) is 0 Å². The summed E-state index contributed by atoms with van der Waals surface area (Å²) in [6.45, 7) is 3.03. The highest BCUT2D eigenvalue weighted by Gasteiger charge is 2.22. The summed E-state index contributed by atoms with van der Waals surface area (Å²) < 4.78 is 16.5. The number of hydrogen-bond acceptors (Lipinski definition) is 5. The van der Waals surface area contributed by atoms with Crippen molar-refractivity contribution in [2.75, 3.05) is 33.9 Å². The molecule has 1 atom stereocenters. The molecule has 1 saturated heterocycles. The van der Waals surface area contributed by atoms with Crippen molar-refractivity contribution in [1.29, 1.82) is 0 Å². The highest BCUT2D eigenvalue weighted by Crippen LogP contribution is 2.33. The Morgan fingerprint density at radius 3 is 2.42 bits per heavy atom. The van der Waals surface area contributed by atoms with Gasteiger partial charge in [0, 0.05) is 6.54 Å². The van der Waals surface area contributed by atoms with Crippen LogP contribution >= 0.6 is 0 Å². The molecule has 0 unspecified atom stereocenters. The number of ether oxygens (including phenoxy) is 3. The lowest BCUT2D eigenvalue weighted by molar-refractivity contribution is 0.0600. The standard InChI is InChI=1S/C21H25NO4/c1-24-19-14-17(21(23)25-2)10-11-18(19)26-20(15-22-12-6-7-13-22)16-8-4-3-5-9-16/h3-5,8-11,14,20H,6-7,12-13,15H2,1-2H3/t20-/m0/s1. The molecule has 3 rings (SSSR count). The second-order valence-corrected chi connectivity index (χ2v) is 6.38. The summed E-state index contributed by atoms with van der Waals surface area (Å²) in [5.41, 5.74) is 1.56. The lowest BCUT2D eigenvalue weighted by Crippen LogP contribution is -2.28. The van der Waals surface area contributed by atoms with E-state index in [1.807, 2.05) is 18.2 Å². The fraction of sp³-hybridized carbons (Fsp3) is 0.381. The number of rotatable bonds is 7. The third kappa shape index (κ3) is 4.35. The minimum atomic E-state index is -0.397. The van der Waals surface area contributed by atoms with Crippen molar-refractivity contribution in [3.05, 3.63) is 59.7 Å². The minimum absolute atomic E-state index is 0.104. The molecular weight excluding hydrogens is 330 g/mol. The average molecular weight is 355 g/mol. The Bertz CT molecular complexity index is 726. The topological polar surface area (TPSA) is 48.0 Å². The van der Waals surface area contributed by atoms with E-state index in [-0.39, 0.29) is 6.10 Å². The SMILES string of the molecule is COC(=O)c1ccc(O[C@@H](CN2CCCC2)c2ccccc2)c(OC)c1. The van der Waals surface area contributed by atoms with E-state index in [1.54, 1.807) is 25.3 Å². The smallest absolute Gasteiger partial charge is 0.337 e. The van der Waals surface area contributed by atoms with E-state index in [2.05, 4.69) is 17.0 Å². The molecule has 1 fully saturated rings. The highest BCUT2D eigenvalue weighted by molar-refractivity contribution is 5.90. The van der Waals surface area contributed by atoms with Gasteiger partial charge in [0.2, 0.25) is 0 Å². The van der Waals surface area contributed by atoms with Crippen molar-refractivity contribution in [2.45, 2.75) is 18.9 Å². The van der Waals surface area contributed by atoms with Crippen LogP contribution in [0.1, 0.15) is 34.9 Å². The molecule has 1 aliphatic heterocycles. The number of carbonyl (C=O) groups excluding carboxylic acids is 1. The molecule has 26 heavy (non-hydrogen) atoms. The Labute approximate surface area is 154 Å². The van der Waals surface area contributed by atoms with Gasteiger partial charge in [-0.25, -0.2) is 4.79 Å². The Morgan fingerprint density at radius 2 is 1.77 bits per heavy atom. The molecule has 2 aromatic rings. The monoisotopic (exact) mass is 355 g/mol. The molecule has 0 N–H and O–H groups in total. The number of methoxy groups -OCH3 is 2. The number of likely N-dealkylation sites (tertiary alicyclic amines) is 1. The maximum atomic E-state index is 11.7. The molecule has 1 aliphatic rings. The normalized spacial score (nSPS) is 15.5. The largest absolute Gasteiger partial charge is 0.493 e. The Hall–Kier alpha value is -2.53. The number of esters is 1. The van der Waals surface area contributed by atoms with Gasteiger partial charge in [0.05, 0.1) is 19.8 Å². The number of nitrogens with zero attached hydrogens (tertiary/aromatic N) is 1. The molecule has 0 aliphatic carbocycles. The van der Waals surface area contributed by atoms with Crippen LogP contribution in [0.25, 0.3) is 0 Å². The van der Waals surface area contributed by atoms with Crippen molar-refractivity contribution >= 4 is 5.97 Å². The van der Waals surface area contributed by atoms with Crippen LogP contribution in [0, 0.1) is 0 Å². The molecule has 0 saturated carbocycles. The lowest BCUT2D eigenvalue weighted by atomic mass is 10.1. The van der Waals surface area contributed by atoms with Crippen LogP contribution in [-0.2, 0) is 4.74 Å². The van der Waals surface area contributed by atoms with Crippen LogP contribution in [0.5, 0.6) is 11.5 Å². The third-order valence-corrected chi connectivity index (χ3v) is 4.65. The quantitative estimate of drug-likeness (QED) is 0.709. The summed E-state index contributed by atoms with van der Waals surface area (Å²) >= 11 is 0. The number of hydrogen-bond donors (Lipinski definition) is 0. The summed E-state index contributed by atoms with van der Waals surface area (Å²) in [5, 5.41) is 0. The van der Waals surface area contributed by atoms with Gasteiger partial charge in [0.25, 0.3) is 0 Å². The Balaban J connectivity index is 1.84. The van der Waals surface area contributed by atoms with Gasteiger partial charge in [-0.05, 0) is 49.7 Å². The van der Waals surface area contributed by atoms with Crippen molar-refractivity contribution in [3.63, 3.8) is 0 Å². The molecular formula is C21H25NO4. The average Bonchev–Trinajstić information content (AvgIpc) is 3.21. The first kappa shape index (κ1) is 18.3. The fourth-order valence-corrected chi connectivity index (χ4v) is 3.24. The van der Waals surface area contributed by atoms with Gasteiger partial charge in [0.1, 0.15) is 6.10 Å². The van der Waals surface area contributed by atoms with Crippen molar-refractivity contribution < 1.29 is 19.0 Å². The third-order valence-electron chi connectivity index (χ3n) is 4.65. The molecule has 0 aromatic heterocycles. The van der Waals surface area contributed by atoms with Gasteiger partial charge >= 0.3 is 5.97 Å². The minimum Gasteiger partial charge on any atom is -0.493 e. The first-order valence-electron chi connectivity index (χ1n) is 8.91. The second kappa shape index (κ2) is 8.72. The lowest BCUT2D eigenvalue weighted by Gasteiger charge is -2.25. The first-order chi connectivity index (χ1) is 12.7. The van der Waals surface area contributed by atoms with Crippen LogP contribution < -0.4 is 9.47 Å².